The van der Waals surface area contributed by atoms with Crippen LogP contribution in [-0.4, -0.2) is 27.6 Å². The number of nitrogens with one attached hydrogen (secondary N) is 1. The van der Waals surface area contributed by atoms with Crippen molar-refractivity contribution in [2.24, 2.45) is 7.05 Å². The van der Waals surface area contributed by atoms with Crippen molar-refractivity contribution in [1.82, 2.24) is 9.88 Å². The summed E-state index contributed by atoms with van der Waals surface area (Å²) in [5.41, 5.74) is 1.44. The van der Waals surface area contributed by atoms with Gasteiger partial charge < -0.3 is 15.0 Å². The van der Waals surface area contributed by atoms with Gasteiger partial charge in [-0.15, -0.1) is 0 Å². The molecule has 1 aromatic rings. The molecule has 2 N–H and O–H groups in total. The molecule has 0 saturated carbocycles. The number of rotatable bonds is 4. The Labute approximate surface area is 100 Å². The Morgan fingerprint density at radius 3 is 2.53 bits per heavy atom. The summed E-state index contributed by atoms with van der Waals surface area (Å²) >= 11 is 0. The Hall–Kier alpha value is -1.78. The number of hydrogen-bond acceptors (Lipinski definition) is 2. The molecule has 1 amide bonds. The second kappa shape index (κ2) is 5.03. The second-order valence-corrected chi connectivity index (χ2v) is 4.45. The van der Waals surface area contributed by atoms with E-state index in [1.54, 1.807) is 24.7 Å². The zero-order valence-corrected chi connectivity index (χ0v) is 10.6. The Balaban J connectivity index is 2.98. The van der Waals surface area contributed by atoms with Crippen molar-refractivity contribution in [3.63, 3.8) is 0 Å². The molecule has 5 nitrogen and oxygen atoms in total. The highest BCUT2D eigenvalue weighted by Crippen LogP contribution is 2.16. The minimum absolute atomic E-state index is 0.0529. The maximum absolute atomic E-state index is 11.6. The third-order valence-electron chi connectivity index (χ3n) is 2.49. The number of aryl methyl sites for hydroxylation is 2. The molecule has 0 aliphatic rings. The Bertz CT molecular complexity index is 447. The Morgan fingerprint density at radius 2 is 2.06 bits per heavy atom. The van der Waals surface area contributed by atoms with E-state index in [1.807, 2.05) is 13.8 Å². The summed E-state index contributed by atoms with van der Waals surface area (Å²) < 4.78 is 1.69. The molecule has 0 aromatic carbocycles. The predicted octanol–water partition coefficient (Wildman–Crippen LogP) is 1.10. The molecule has 0 radical (unpaired) electrons. The number of nitrogens with zero attached hydrogens (tertiary/aromatic N) is 1. The Kier molecular flexibility index (Phi) is 3.93. The standard InChI is InChI=1S/C12H18N2O3/c1-7(2)13-10(15)5-9-11(12(16)17)8(3)6-14(9)4/h6-7H,5H2,1-4H3,(H,13,15)(H,16,17). The van der Waals surface area contributed by atoms with Gasteiger partial charge in [0.15, 0.2) is 0 Å². The summed E-state index contributed by atoms with van der Waals surface area (Å²) in [5.74, 6) is -1.15. The van der Waals surface area contributed by atoms with Gasteiger partial charge in [0.2, 0.25) is 5.91 Å². The van der Waals surface area contributed by atoms with Gasteiger partial charge in [-0.1, -0.05) is 0 Å². The van der Waals surface area contributed by atoms with E-state index in [4.69, 9.17) is 5.11 Å². The summed E-state index contributed by atoms with van der Waals surface area (Å²) in [6.07, 6.45) is 1.81. The minimum Gasteiger partial charge on any atom is -0.478 e. The van der Waals surface area contributed by atoms with E-state index in [1.165, 1.54) is 0 Å². The summed E-state index contributed by atoms with van der Waals surface area (Å²) in [5, 5.41) is 11.9. The van der Waals surface area contributed by atoms with E-state index in [-0.39, 0.29) is 23.9 Å². The summed E-state index contributed by atoms with van der Waals surface area (Å²) in [7, 11) is 1.75. The van der Waals surface area contributed by atoms with Crippen LogP contribution in [-0.2, 0) is 18.3 Å². The van der Waals surface area contributed by atoms with Gasteiger partial charge in [-0.05, 0) is 26.3 Å². The fourth-order valence-corrected chi connectivity index (χ4v) is 1.87. The van der Waals surface area contributed by atoms with Crippen molar-refractivity contribution >= 4 is 11.9 Å². The van der Waals surface area contributed by atoms with E-state index < -0.39 is 5.97 Å². The molecular formula is C12H18N2O3. The average molecular weight is 238 g/mol. The molecule has 5 heteroatoms. The SMILES string of the molecule is Cc1cn(C)c(CC(=O)NC(C)C)c1C(=O)O. The van der Waals surface area contributed by atoms with Crippen LogP contribution in [0.15, 0.2) is 6.20 Å². The zero-order valence-electron chi connectivity index (χ0n) is 10.6. The first-order chi connectivity index (χ1) is 7.82. The van der Waals surface area contributed by atoms with Crippen LogP contribution in [0.4, 0.5) is 0 Å². The molecular weight excluding hydrogens is 220 g/mol. The number of hydrogen-bond donors (Lipinski definition) is 2. The molecule has 0 aliphatic heterocycles. The molecule has 0 aliphatic carbocycles. The van der Waals surface area contributed by atoms with Gasteiger partial charge in [-0.25, -0.2) is 4.79 Å². The molecule has 17 heavy (non-hydrogen) atoms. The average Bonchev–Trinajstić information content (AvgIpc) is 2.39. The van der Waals surface area contributed by atoms with Gasteiger partial charge in [0.25, 0.3) is 0 Å². The number of carboxylic acids is 1. The van der Waals surface area contributed by atoms with Crippen LogP contribution in [0.25, 0.3) is 0 Å². The van der Waals surface area contributed by atoms with Crippen LogP contribution < -0.4 is 5.32 Å². The van der Waals surface area contributed by atoms with E-state index in [0.29, 0.717) is 11.3 Å². The lowest BCUT2D eigenvalue weighted by Gasteiger charge is -2.09. The van der Waals surface area contributed by atoms with E-state index in [2.05, 4.69) is 5.32 Å². The van der Waals surface area contributed by atoms with Crippen LogP contribution in [0.5, 0.6) is 0 Å². The molecule has 94 valence electrons. The lowest BCUT2D eigenvalue weighted by atomic mass is 10.1. The normalized spacial score (nSPS) is 10.6. The second-order valence-electron chi connectivity index (χ2n) is 4.45. The number of carbonyl (C=O) groups excluding carboxylic acids is 1. The van der Waals surface area contributed by atoms with Crippen LogP contribution in [0.1, 0.15) is 35.5 Å². The first kappa shape index (κ1) is 13.3. The quantitative estimate of drug-likeness (QED) is 0.825. The fourth-order valence-electron chi connectivity index (χ4n) is 1.87. The lowest BCUT2D eigenvalue weighted by Crippen LogP contribution is -2.32. The number of carboxylic acid groups (broad SMARTS) is 1. The Morgan fingerprint density at radius 1 is 1.47 bits per heavy atom. The molecule has 0 spiro atoms. The molecule has 0 unspecified atom stereocenters. The highest BCUT2D eigenvalue weighted by Gasteiger charge is 2.19. The minimum atomic E-state index is -0.990. The molecule has 0 fully saturated rings. The summed E-state index contributed by atoms with van der Waals surface area (Å²) in [6, 6.07) is 0.0529. The van der Waals surface area contributed by atoms with Gasteiger partial charge in [0.05, 0.1) is 12.0 Å². The largest absolute Gasteiger partial charge is 0.478 e. The fraction of sp³-hybridized carbons (Fsp3) is 0.500. The molecule has 0 saturated heterocycles. The monoisotopic (exact) mass is 238 g/mol. The van der Waals surface area contributed by atoms with E-state index in [9.17, 15) is 9.59 Å². The maximum atomic E-state index is 11.6. The van der Waals surface area contributed by atoms with Gasteiger partial charge in [-0.3, -0.25) is 4.79 Å². The van der Waals surface area contributed by atoms with Crippen molar-refractivity contribution in [2.45, 2.75) is 33.2 Å². The van der Waals surface area contributed by atoms with Crippen molar-refractivity contribution < 1.29 is 14.7 Å². The molecule has 1 rings (SSSR count). The highest BCUT2D eigenvalue weighted by molar-refractivity contribution is 5.93. The maximum Gasteiger partial charge on any atom is 0.337 e. The number of amides is 1. The highest BCUT2D eigenvalue weighted by atomic mass is 16.4. The third-order valence-corrected chi connectivity index (χ3v) is 2.49. The molecule has 0 atom stereocenters. The van der Waals surface area contributed by atoms with Gasteiger partial charge in [-0.2, -0.15) is 0 Å². The number of aromatic nitrogens is 1. The van der Waals surface area contributed by atoms with Crippen molar-refractivity contribution in [2.75, 3.05) is 0 Å². The predicted molar refractivity (Wildman–Crippen MR) is 64.1 cm³/mol. The van der Waals surface area contributed by atoms with Crippen molar-refractivity contribution in [1.29, 1.82) is 0 Å². The van der Waals surface area contributed by atoms with Crippen LogP contribution in [0, 0.1) is 6.92 Å². The molecule has 1 aromatic heterocycles. The first-order valence-electron chi connectivity index (χ1n) is 5.50. The van der Waals surface area contributed by atoms with Crippen molar-refractivity contribution in [3.05, 3.63) is 23.0 Å². The van der Waals surface area contributed by atoms with Gasteiger partial charge in [0.1, 0.15) is 0 Å². The summed E-state index contributed by atoms with van der Waals surface area (Å²) in [4.78, 5) is 22.8. The lowest BCUT2D eigenvalue weighted by molar-refractivity contribution is -0.121. The van der Waals surface area contributed by atoms with E-state index >= 15 is 0 Å². The van der Waals surface area contributed by atoms with Gasteiger partial charge in [0, 0.05) is 25.0 Å². The molecule has 0 bridgehead atoms. The zero-order chi connectivity index (χ0) is 13.2. The number of aromatic carboxylic acids is 1. The number of carbonyl (C=O) groups is 2. The van der Waals surface area contributed by atoms with Gasteiger partial charge >= 0.3 is 5.97 Å². The topological polar surface area (TPSA) is 71.3 Å². The molecule has 1 heterocycles. The first-order valence-corrected chi connectivity index (χ1v) is 5.50. The van der Waals surface area contributed by atoms with Crippen LogP contribution in [0.2, 0.25) is 0 Å². The summed E-state index contributed by atoms with van der Waals surface area (Å²) in [6.45, 7) is 5.46. The third kappa shape index (κ3) is 3.09. The van der Waals surface area contributed by atoms with Crippen molar-refractivity contribution in [3.8, 4) is 0 Å². The van der Waals surface area contributed by atoms with Crippen LogP contribution >= 0.6 is 0 Å². The van der Waals surface area contributed by atoms with E-state index in [0.717, 1.165) is 0 Å². The van der Waals surface area contributed by atoms with Crippen LogP contribution in [0.3, 0.4) is 0 Å². The smallest absolute Gasteiger partial charge is 0.337 e.